The third kappa shape index (κ3) is 3.30. The molecule has 4 nitrogen and oxygen atoms in total. The highest BCUT2D eigenvalue weighted by molar-refractivity contribution is 7.07. The number of pyridine rings is 1. The Kier molecular flexibility index (Phi) is 3.94. The van der Waals surface area contributed by atoms with Crippen LogP contribution in [0, 0.1) is 0 Å². The van der Waals surface area contributed by atoms with Gasteiger partial charge in [-0.1, -0.05) is 0 Å². The molecule has 0 fully saturated rings. The maximum absolute atomic E-state index is 11.8. The first kappa shape index (κ1) is 12.6. The number of nitrogen functional groups attached to an aromatic ring is 1. The summed E-state index contributed by atoms with van der Waals surface area (Å²) in [6, 6.07) is 5.55. The monoisotopic (exact) mass is 261 g/mol. The fourth-order valence-corrected chi connectivity index (χ4v) is 2.36. The van der Waals surface area contributed by atoms with Gasteiger partial charge >= 0.3 is 0 Å². The second-order valence-corrected chi connectivity index (χ2v) is 4.89. The molecule has 1 unspecified atom stereocenters. The molecule has 0 aliphatic heterocycles. The van der Waals surface area contributed by atoms with E-state index in [0.29, 0.717) is 5.69 Å². The molecule has 0 aliphatic rings. The summed E-state index contributed by atoms with van der Waals surface area (Å²) < 4.78 is 0. The number of nitrogens with one attached hydrogen (secondary N) is 1. The van der Waals surface area contributed by atoms with Crippen LogP contribution in [-0.2, 0) is 11.2 Å². The molecule has 0 aromatic carbocycles. The molecule has 0 saturated carbocycles. The van der Waals surface area contributed by atoms with E-state index >= 15 is 0 Å². The Labute approximate surface area is 110 Å². The van der Waals surface area contributed by atoms with Crippen LogP contribution in [0.2, 0.25) is 0 Å². The number of nitrogens with two attached hydrogens (primary N) is 1. The molecule has 0 spiro atoms. The summed E-state index contributed by atoms with van der Waals surface area (Å²) in [4.78, 5) is 15.9. The van der Waals surface area contributed by atoms with Gasteiger partial charge in [-0.15, -0.1) is 0 Å². The van der Waals surface area contributed by atoms with Crippen LogP contribution < -0.4 is 11.1 Å². The average molecular weight is 261 g/mol. The number of rotatable bonds is 4. The van der Waals surface area contributed by atoms with Gasteiger partial charge in [0.05, 0.1) is 24.3 Å². The summed E-state index contributed by atoms with van der Waals surface area (Å²) in [5, 5.41) is 6.98. The number of hydrogen-bond donors (Lipinski definition) is 2. The normalized spacial score (nSPS) is 12.1. The van der Waals surface area contributed by atoms with Gasteiger partial charge in [0.15, 0.2) is 0 Å². The van der Waals surface area contributed by atoms with Gasteiger partial charge < -0.3 is 11.1 Å². The number of carbonyl (C=O) groups is 1. The van der Waals surface area contributed by atoms with Crippen LogP contribution in [0.3, 0.4) is 0 Å². The summed E-state index contributed by atoms with van der Waals surface area (Å²) in [7, 11) is 0. The molecule has 0 bridgehead atoms. The zero-order valence-corrected chi connectivity index (χ0v) is 10.9. The summed E-state index contributed by atoms with van der Waals surface area (Å²) >= 11 is 1.62. The van der Waals surface area contributed by atoms with E-state index in [1.807, 2.05) is 23.8 Å². The van der Waals surface area contributed by atoms with Gasteiger partial charge in [-0.25, -0.2) is 0 Å². The molecule has 2 rings (SSSR count). The van der Waals surface area contributed by atoms with Crippen molar-refractivity contribution in [2.24, 2.45) is 0 Å². The van der Waals surface area contributed by atoms with Crippen molar-refractivity contribution in [3.05, 3.63) is 46.4 Å². The van der Waals surface area contributed by atoms with Crippen LogP contribution in [0.15, 0.2) is 35.2 Å². The zero-order chi connectivity index (χ0) is 13.0. The van der Waals surface area contributed by atoms with Crippen molar-refractivity contribution < 1.29 is 4.79 Å². The fraction of sp³-hybridized carbons (Fsp3) is 0.231. The largest absolute Gasteiger partial charge is 0.397 e. The summed E-state index contributed by atoms with van der Waals surface area (Å²) in [5.74, 6) is -0.0361. The van der Waals surface area contributed by atoms with Gasteiger partial charge in [-0.05, 0) is 41.4 Å². The first-order chi connectivity index (χ1) is 8.65. The smallest absolute Gasteiger partial charge is 0.226 e. The van der Waals surface area contributed by atoms with E-state index in [9.17, 15) is 4.79 Å². The van der Waals surface area contributed by atoms with Gasteiger partial charge in [0.1, 0.15) is 0 Å². The van der Waals surface area contributed by atoms with Crippen molar-refractivity contribution in [1.82, 2.24) is 10.3 Å². The van der Waals surface area contributed by atoms with Crippen molar-refractivity contribution in [1.29, 1.82) is 0 Å². The molecule has 0 aliphatic carbocycles. The highest BCUT2D eigenvalue weighted by atomic mass is 32.1. The lowest BCUT2D eigenvalue weighted by atomic mass is 10.1. The molecule has 1 atom stereocenters. The Balaban J connectivity index is 1.91. The molecule has 0 radical (unpaired) electrons. The molecule has 0 saturated heterocycles. The van der Waals surface area contributed by atoms with Gasteiger partial charge in [-0.3, -0.25) is 9.78 Å². The SMILES string of the molecule is CC(NC(=O)Cc1ccc(N)cn1)c1ccsc1. The third-order valence-electron chi connectivity index (χ3n) is 2.61. The van der Waals surface area contributed by atoms with Crippen LogP contribution in [-0.4, -0.2) is 10.9 Å². The number of carbonyl (C=O) groups excluding carboxylic acids is 1. The number of thiophene rings is 1. The summed E-state index contributed by atoms with van der Waals surface area (Å²) in [6.45, 7) is 1.97. The predicted octanol–water partition coefficient (Wildman–Crippen LogP) is 2.15. The van der Waals surface area contributed by atoms with Crippen LogP contribution >= 0.6 is 11.3 Å². The lowest BCUT2D eigenvalue weighted by Gasteiger charge is -2.12. The van der Waals surface area contributed by atoms with Crippen molar-refractivity contribution in [3.8, 4) is 0 Å². The molecule has 2 heterocycles. The number of nitrogens with zero attached hydrogens (tertiary/aromatic N) is 1. The maximum atomic E-state index is 11.8. The Hall–Kier alpha value is -1.88. The number of hydrogen-bond acceptors (Lipinski definition) is 4. The predicted molar refractivity (Wildman–Crippen MR) is 73.2 cm³/mol. The first-order valence-electron chi connectivity index (χ1n) is 5.67. The molecule has 1 amide bonds. The number of anilines is 1. The van der Waals surface area contributed by atoms with Crippen LogP contribution in [0.25, 0.3) is 0 Å². The second kappa shape index (κ2) is 5.64. The molecule has 2 aromatic rings. The van der Waals surface area contributed by atoms with Crippen molar-refractivity contribution in [3.63, 3.8) is 0 Å². The fourth-order valence-electron chi connectivity index (χ4n) is 1.60. The van der Waals surface area contributed by atoms with Crippen molar-refractivity contribution in [2.45, 2.75) is 19.4 Å². The molecule has 5 heteroatoms. The van der Waals surface area contributed by atoms with Crippen LogP contribution in [0.4, 0.5) is 5.69 Å². The Morgan fingerprint density at radius 3 is 2.94 bits per heavy atom. The molecule has 3 N–H and O–H groups in total. The molecular weight excluding hydrogens is 246 g/mol. The van der Waals surface area contributed by atoms with E-state index in [1.54, 1.807) is 29.7 Å². The summed E-state index contributed by atoms with van der Waals surface area (Å²) in [5.41, 5.74) is 7.99. The molecular formula is C13H15N3OS. The third-order valence-corrected chi connectivity index (χ3v) is 3.31. The van der Waals surface area contributed by atoms with E-state index in [1.165, 1.54) is 0 Å². The lowest BCUT2D eigenvalue weighted by molar-refractivity contribution is -0.121. The minimum atomic E-state index is -0.0361. The Morgan fingerprint density at radius 1 is 1.50 bits per heavy atom. The minimum absolute atomic E-state index is 0.0255. The highest BCUT2D eigenvalue weighted by Gasteiger charge is 2.10. The van der Waals surface area contributed by atoms with E-state index in [4.69, 9.17) is 5.73 Å². The zero-order valence-electron chi connectivity index (χ0n) is 10.1. The van der Waals surface area contributed by atoms with Crippen LogP contribution in [0.5, 0.6) is 0 Å². The maximum Gasteiger partial charge on any atom is 0.226 e. The molecule has 2 aromatic heterocycles. The first-order valence-corrected chi connectivity index (χ1v) is 6.61. The van der Waals surface area contributed by atoms with Gasteiger partial charge in [0, 0.05) is 5.69 Å². The van der Waals surface area contributed by atoms with Crippen molar-refractivity contribution in [2.75, 3.05) is 5.73 Å². The van der Waals surface area contributed by atoms with Crippen LogP contribution in [0.1, 0.15) is 24.2 Å². The van der Waals surface area contributed by atoms with E-state index in [-0.39, 0.29) is 18.4 Å². The molecule has 94 valence electrons. The number of amides is 1. The molecule has 18 heavy (non-hydrogen) atoms. The van der Waals surface area contributed by atoms with Crippen molar-refractivity contribution >= 4 is 22.9 Å². The quantitative estimate of drug-likeness (QED) is 0.886. The number of aromatic nitrogens is 1. The highest BCUT2D eigenvalue weighted by Crippen LogP contribution is 2.15. The topological polar surface area (TPSA) is 68.0 Å². The average Bonchev–Trinajstić information content (AvgIpc) is 2.85. The minimum Gasteiger partial charge on any atom is -0.397 e. The second-order valence-electron chi connectivity index (χ2n) is 4.11. The summed E-state index contributed by atoms with van der Waals surface area (Å²) in [6.07, 6.45) is 1.83. The van der Waals surface area contributed by atoms with Gasteiger partial charge in [-0.2, -0.15) is 11.3 Å². The van der Waals surface area contributed by atoms with E-state index in [0.717, 1.165) is 11.3 Å². The standard InChI is InChI=1S/C13H15N3OS/c1-9(10-4-5-18-8-10)16-13(17)6-12-3-2-11(14)7-15-12/h2-5,7-9H,6,14H2,1H3,(H,16,17). The van der Waals surface area contributed by atoms with Gasteiger partial charge in [0.2, 0.25) is 5.91 Å². The van der Waals surface area contributed by atoms with Gasteiger partial charge in [0.25, 0.3) is 0 Å². The lowest BCUT2D eigenvalue weighted by Crippen LogP contribution is -2.28. The Morgan fingerprint density at radius 2 is 2.33 bits per heavy atom. The van der Waals surface area contributed by atoms with E-state index in [2.05, 4.69) is 10.3 Å². The van der Waals surface area contributed by atoms with E-state index < -0.39 is 0 Å². The Bertz CT molecular complexity index is 508.